The Labute approximate surface area is 107 Å². The zero-order valence-electron chi connectivity index (χ0n) is 9.88. The van der Waals surface area contributed by atoms with E-state index in [4.69, 9.17) is 0 Å². The highest BCUT2D eigenvalue weighted by Gasteiger charge is 2.11. The molecule has 94 valence electrons. The molecular formula is C13H11F2NOS. The molecule has 0 atom stereocenters. The van der Waals surface area contributed by atoms with E-state index in [2.05, 4.69) is 5.32 Å². The second-order valence-electron chi connectivity index (χ2n) is 3.93. The number of nitrogens with one attached hydrogen (secondary N) is 1. The van der Waals surface area contributed by atoms with Crippen LogP contribution in [0.5, 0.6) is 0 Å². The van der Waals surface area contributed by atoms with E-state index in [1.165, 1.54) is 17.4 Å². The van der Waals surface area contributed by atoms with E-state index >= 15 is 0 Å². The Morgan fingerprint density at radius 1 is 1.17 bits per heavy atom. The molecule has 0 aliphatic rings. The summed E-state index contributed by atoms with van der Waals surface area (Å²) in [5.41, 5.74) is 1.28. The number of carbonyl (C=O) groups is 1. The first kappa shape index (κ1) is 12.7. The minimum Gasteiger partial charge on any atom is -0.321 e. The van der Waals surface area contributed by atoms with Crippen LogP contribution in [0.1, 0.15) is 20.1 Å². The monoisotopic (exact) mass is 267 g/mol. The summed E-state index contributed by atoms with van der Waals surface area (Å²) < 4.78 is 25.7. The predicted molar refractivity (Wildman–Crippen MR) is 68.1 cm³/mol. The van der Waals surface area contributed by atoms with Gasteiger partial charge in [-0.25, -0.2) is 8.78 Å². The maximum Gasteiger partial charge on any atom is 0.265 e. The van der Waals surface area contributed by atoms with Crippen LogP contribution in [0.25, 0.3) is 0 Å². The molecule has 0 bridgehead atoms. The van der Waals surface area contributed by atoms with Gasteiger partial charge in [-0.3, -0.25) is 4.79 Å². The van der Waals surface area contributed by atoms with Crippen molar-refractivity contribution >= 4 is 22.9 Å². The summed E-state index contributed by atoms with van der Waals surface area (Å²) in [6, 6.07) is 5.04. The van der Waals surface area contributed by atoms with Crippen LogP contribution in [-0.2, 0) is 0 Å². The molecule has 0 aliphatic carbocycles. The molecule has 0 unspecified atom stereocenters. The average Bonchev–Trinajstić information content (AvgIpc) is 2.65. The maximum atomic E-state index is 13.0. The lowest BCUT2D eigenvalue weighted by Gasteiger charge is -2.03. The molecule has 2 rings (SSSR count). The van der Waals surface area contributed by atoms with Crippen molar-refractivity contribution < 1.29 is 13.6 Å². The summed E-state index contributed by atoms with van der Waals surface area (Å²) >= 11 is 1.37. The standard InChI is InChI=1S/C13H11F2NOS/c1-7-5-12(18-8(7)2)13(17)16-9-3-4-10(14)11(15)6-9/h3-6H,1-2H3,(H,16,17). The smallest absolute Gasteiger partial charge is 0.265 e. The number of amides is 1. The Hall–Kier alpha value is -1.75. The largest absolute Gasteiger partial charge is 0.321 e. The lowest BCUT2D eigenvalue weighted by Crippen LogP contribution is -2.10. The highest BCUT2D eigenvalue weighted by Crippen LogP contribution is 2.22. The van der Waals surface area contributed by atoms with Crippen molar-refractivity contribution in [2.24, 2.45) is 0 Å². The second-order valence-corrected chi connectivity index (χ2v) is 5.19. The van der Waals surface area contributed by atoms with Crippen LogP contribution in [0.2, 0.25) is 0 Å². The molecule has 1 heterocycles. The molecule has 2 aromatic rings. The molecule has 1 N–H and O–H groups in total. The van der Waals surface area contributed by atoms with E-state index < -0.39 is 11.6 Å². The normalized spacial score (nSPS) is 10.4. The van der Waals surface area contributed by atoms with Gasteiger partial charge in [-0.15, -0.1) is 11.3 Å². The number of halogens is 2. The second kappa shape index (κ2) is 4.86. The highest BCUT2D eigenvalue weighted by molar-refractivity contribution is 7.14. The molecule has 0 saturated heterocycles. The summed E-state index contributed by atoms with van der Waals surface area (Å²) in [4.78, 5) is 13.5. The van der Waals surface area contributed by atoms with Crippen LogP contribution >= 0.6 is 11.3 Å². The molecule has 0 aliphatic heterocycles. The molecule has 18 heavy (non-hydrogen) atoms. The summed E-state index contributed by atoms with van der Waals surface area (Å²) in [5, 5.41) is 2.53. The molecule has 0 saturated carbocycles. The van der Waals surface area contributed by atoms with E-state index in [1.807, 2.05) is 13.8 Å². The first-order valence-corrected chi connectivity index (χ1v) is 6.12. The summed E-state index contributed by atoms with van der Waals surface area (Å²) in [5.74, 6) is -2.23. The van der Waals surface area contributed by atoms with Crippen molar-refractivity contribution in [3.63, 3.8) is 0 Å². The van der Waals surface area contributed by atoms with Crippen molar-refractivity contribution in [3.05, 3.63) is 51.2 Å². The van der Waals surface area contributed by atoms with E-state index in [0.29, 0.717) is 4.88 Å². The molecule has 2 nitrogen and oxygen atoms in total. The molecule has 1 aromatic heterocycles. The summed E-state index contributed by atoms with van der Waals surface area (Å²) in [6.45, 7) is 3.84. The van der Waals surface area contributed by atoms with Crippen LogP contribution in [0, 0.1) is 25.5 Å². The number of benzene rings is 1. The van der Waals surface area contributed by atoms with Gasteiger partial charge in [0, 0.05) is 16.6 Å². The number of rotatable bonds is 2. The zero-order valence-corrected chi connectivity index (χ0v) is 10.7. The highest BCUT2D eigenvalue weighted by atomic mass is 32.1. The third-order valence-electron chi connectivity index (χ3n) is 2.57. The Kier molecular flexibility index (Phi) is 3.43. The Balaban J connectivity index is 2.18. The minimum atomic E-state index is -0.980. The number of hydrogen-bond acceptors (Lipinski definition) is 2. The van der Waals surface area contributed by atoms with Crippen molar-refractivity contribution in [3.8, 4) is 0 Å². The van der Waals surface area contributed by atoms with E-state index in [1.54, 1.807) is 6.07 Å². The lowest BCUT2D eigenvalue weighted by atomic mass is 10.2. The van der Waals surface area contributed by atoms with Gasteiger partial charge in [0.2, 0.25) is 0 Å². The third-order valence-corrected chi connectivity index (χ3v) is 3.72. The minimum absolute atomic E-state index is 0.239. The van der Waals surface area contributed by atoms with Gasteiger partial charge in [-0.2, -0.15) is 0 Å². The van der Waals surface area contributed by atoms with Gasteiger partial charge in [0.1, 0.15) is 0 Å². The zero-order chi connectivity index (χ0) is 13.3. The van der Waals surface area contributed by atoms with Gasteiger partial charge < -0.3 is 5.32 Å². The maximum absolute atomic E-state index is 13.0. The van der Waals surface area contributed by atoms with Crippen LogP contribution in [-0.4, -0.2) is 5.91 Å². The number of thiophene rings is 1. The molecule has 0 fully saturated rings. The number of hydrogen-bond donors (Lipinski definition) is 1. The molecule has 0 spiro atoms. The summed E-state index contributed by atoms with van der Waals surface area (Å²) in [7, 11) is 0. The first-order chi connectivity index (χ1) is 8.47. The van der Waals surface area contributed by atoms with Crippen molar-refractivity contribution in [1.29, 1.82) is 0 Å². The fraction of sp³-hybridized carbons (Fsp3) is 0.154. The van der Waals surface area contributed by atoms with Crippen LogP contribution in [0.15, 0.2) is 24.3 Å². The molecule has 0 radical (unpaired) electrons. The van der Waals surface area contributed by atoms with Gasteiger partial charge in [0.25, 0.3) is 5.91 Å². The van der Waals surface area contributed by atoms with E-state index in [9.17, 15) is 13.6 Å². The van der Waals surface area contributed by atoms with Gasteiger partial charge in [0.15, 0.2) is 11.6 Å². The SMILES string of the molecule is Cc1cc(C(=O)Nc2ccc(F)c(F)c2)sc1C. The lowest BCUT2D eigenvalue weighted by molar-refractivity contribution is 0.103. The van der Waals surface area contributed by atoms with Crippen molar-refractivity contribution in [2.45, 2.75) is 13.8 Å². The van der Waals surface area contributed by atoms with Crippen LogP contribution in [0.4, 0.5) is 14.5 Å². The quantitative estimate of drug-likeness (QED) is 0.878. The van der Waals surface area contributed by atoms with Gasteiger partial charge in [-0.1, -0.05) is 0 Å². The number of anilines is 1. The predicted octanol–water partition coefficient (Wildman–Crippen LogP) is 3.90. The van der Waals surface area contributed by atoms with E-state index in [0.717, 1.165) is 22.6 Å². The fourth-order valence-corrected chi connectivity index (χ4v) is 2.38. The summed E-state index contributed by atoms with van der Waals surface area (Å²) in [6.07, 6.45) is 0. The number of carbonyl (C=O) groups excluding carboxylic acids is 1. The first-order valence-electron chi connectivity index (χ1n) is 5.31. The van der Waals surface area contributed by atoms with Gasteiger partial charge in [-0.05, 0) is 37.6 Å². The molecular weight excluding hydrogens is 256 g/mol. The topological polar surface area (TPSA) is 29.1 Å². The van der Waals surface area contributed by atoms with Gasteiger partial charge in [0.05, 0.1) is 4.88 Å². The van der Waals surface area contributed by atoms with Crippen molar-refractivity contribution in [1.82, 2.24) is 0 Å². The molecule has 1 aromatic carbocycles. The van der Waals surface area contributed by atoms with Crippen LogP contribution in [0.3, 0.4) is 0 Å². The Bertz CT molecular complexity index is 588. The van der Waals surface area contributed by atoms with Crippen LogP contribution < -0.4 is 5.32 Å². The van der Waals surface area contributed by atoms with Gasteiger partial charge >= 0.3 is 0 Å². The third kappa shape index (κ3) is 2.56. The Morgan fingerprint density at radius 2 is 1.89 bits per heavy atom. The number of aryl methyl sites for hydroxylation is 2. The Morgan fingerprint density at radius 3 is 2.44 bits per heavy atom. The average molecular weight is 267 g/mol. The van der Waals surface area contributed by atoms with E-state index in [-0.39, 0.29) is 11.6 Å². The fourth-order valence-electron chi connectivity index (χ4n) is 1.45. The van der Waals surface area contributed by atoms with Crippen molar-refractivity contribution in [2.75, 3.05) is 5.32 Å². The molecule has 1 amide bonds. The molecule has 5 heteroatoms.